The summed E-state index contributed by atoms with van der Waals surface area (Å²) in [4.78, 5) is 0. The van der Waals surface area contributed by atoms with Crippen LogP contribution in [0.15, 0.2) is 22.9 Å². The summed E-state index contributed by atoms with van der Waals surface area (Å²) < 4.78 is 7.52. The van der Waals surface area contributed by atoms with E-state index in [1.54, 1.807) is 0 Å². The third kappa shape index (κ3) is 2.26. The fourth-order valence-electron chi connectivity index (χ4n) is 2.14. The first kappa shape index (κ1) is 11.9. The molecular formula is C13H19N3O. The van der Waals surface area contributed by atoms with Crippen molar-refractivity contribution < 1.29 is 4.42 Å². The van der Waals surface area contributed by atoms with Gasteiger partial charge in [-0.1, -0.05) is 0 Å². The van der Waals surface area contributed by atoms with Gasteiger partial charge in [0.05, 0.1) is 12.2 Å². The van der Waals surface area contributed by atoms with Crippen LogP contribution in [0, 0.1) is 13.8 Å². The van der Waals surface area contributed by atoms with Crippen molar-refractivity contribution in [2.24, 2.45) is 0 Å². The van der Waals surface area contributed by atoms with E-state index in [0.717, 1.165) is 18.1 Å². The average molecular weight is 233 g/mol. The standard InChI is InChI=1S/C13H19N3O/c1-5-16-8-11(7-15-16)13(14-4)12-6-9(2)17-10(12)3/h6-8,13-14H,5H2,1-4H3. The first-order valence-corrected chi connectivity index (χ1v) is 5.92. The van der Waals surface area contributed by atoms with E-state index in [1.807, 2.05) is 31.8 Å². The van der Waals surface area contributed by atoms with Gasteiger partial charge in [0.1, 0.15) is 11.5 Å². The van der Waals surface area contributed by atoms with Gasteiger partial charge < -0.3 is 9.73 Å². The molecule has 0 aliphatic heterocycles. The Morgan fingerprint density at radius 2 is 2.24 bits per heavy atom. The molecule has 2 heterocycles. The second-order valence-corrected chi connectivity index (χ2v) is 4.22. The van der Waals surface area contributed by atoms with E-state index >= 15 is 0 Å². The van der Waals surface area contributed by atoms with Crippen molar-refractivity contribution >= 4 is 0 Å². The number of nitrogens with zero attached hydrogens (tertiary/aromatic N) is 2. The Bertz CT molecular complexity index is 498. The van der Waals surface area contributed by atoms with Gasteiger partial charge in [-0.25, -0.2) is 0 Å². The number of aromatic nitrogens is 2. The molecular weight excluding hydrogens is 214 g/mol. The summed E-state index contributed by atoms with van der Waals surface area (Å²) in [5.41, 5.74) is 2.35. The number of nitrogens with one attached hydrogen (secondary N) is 1. The molecule has 0 saturated carbocycles. The Balaban J connectivity index is 2.36. The van der Waals surface area contributed by atoms with Gasteiger partial charge in [-0.3, -0.25) is 4.68 Å². The van der Waals surface area contributed by atoms with E-state index in [2.05, 4.69) is 29.6 Å². The molecule has 0 amide bonds. The van der Waals surface area contributed by atoms with E-state index < -0.39 is 0 Å². The third-order valence-electron chi connectivity index (χ3n) is 2.99. The molecule has 1 atom stereocenters. The lowest BCUT2D eigenvalue weighted by atomic mass is 10.0. The van der Waals surface area contributed by atoms with E-state index in [4.69, 9.17) is 4.42 Å². The van der Waals surface area contributed by atoms with Crippen LogP contribution in [0.1, 0.15) is 35.6 Å². The molecule has 1 N–H and O–H groups in total. The summed E-state index contributed by atoms with van der Waals surface area (Å²) in [7, 11) is 1.95. The lowest BCUT2D eigenvalue weighted by molar-refractivity contribution is 0.497. The van der Waals surface area contributed by atoms with Crippen molar-refractivity contribution in [3.63, 3.8) is 0 Å². The average Bonchev–Trinajstić information content (AvgIpc) is 2.88. The van der Waals surface area contributed by atoms with E-state index in [0.29, 0.717) is 0 Å². The number of hydrogen-bond donors (Lipinski definition) is 1. The molecule has 17 heavy (non-hydrogen) atoms. The summed E-state index contributed by atoms with van der Waals surface area (Å²) in [5, 5.41) is 7.62. The smallest absolute Gasteiger partial charge is 0.106 e. The van der Waals surface area contributed by atoms with Gasteiger partial charge in [0.25, 0.3) is 0 Å². The van der Waals surface area contributed by atoms with Crippen LogP contribution >= 0.6 is 0 Å². The fraction of sp³-hybridized carbons (Fsp3) is 0.462. The molecule has 4 nitrogen and oxygen atoms in total. The van der Waals surface area contributed by atoms with Gasteiger partial charge in [-0.2, -0.15) is 5.10 Å². The number of rotatable bonds is 4. The van der Waals surface area contributed by atoms with Crippen LogP contribution in [0.2, 0.25) is 0 Å². The molecule has 0 radical (unpaired) electrons. The van der Waals surface area contributed by atoms with Crippen LogP contribution in [0.25, 0.3) is 0 Å². The van der Waals surface area contributed by atoms with E-state index in [9.17, 15) is 0 Å². The second kappa shape index (κ2) is 4.75. The minimum atomic E-state index is 0.146. The number of aryl methyl sites for hydroxylation is 3. The zero-order chi connectivity index (χ0) is 12.4. The topological polar surface area (TPSA) is 43.0 Å². The second-order valence-electron chi connectivity index (χ2n) is 4.22. The Morgan fingerprint density at radius 3 is 2.71 bits per heavy atom. The molecule has 2 aromatic heterocycles. The predicted octanol–water partition coefficient (Wildman–Crippen LogP) is 2.42. The molecule has 2 aromatic rings. The number of hydrogen-bond acceptors (Lipinski definition) is 3. The van der Waals surface area contributed by atoms with Gasteiger partial charge in [-0.15, -0.1) is 0 Å². The Labute approximate surface area is 102 Å². The molecule has 0 aromatic carbocycles. The predicted molar refractivity (Wildman–Crippen MR) is 67.0 cm³/mol. The van der Waals surface area contributed by atoms with Gasteiger partial charge >= 0.3 is 0 Å². The van der Waals surface area contributed by atoms with Gasteiger partial charge in [0, 0.05) is 23.9 Å². The van der Waals surface area contributed by atoms with Crippen LogP contribution in [0.3, 0.4) is 0 Å². The molecule has 2 rings (SSSR count). The zero-order valence-corrected chi connectivity index (χ0v) is 10.8. The third-order valence-corrected chi connectivity index (χ3v) is 2.99. The van der Waals surface area contributed by atoms with Crippen molar-refractivity contribution in [3.8, 4) is 0 Å². The van der Waals surface area contributed by atoms with Crippen molar-refractivity contribution in [1.82, 2.24) is 15.1 Å². The molecule has 0 aliphatic rings. The highest BCUT2D eigenvalue weighted by Gasteiger charge is 2.18. The van der Waals surface area contributed by atoms with E-state index in [-0.39, 0.29) is 6.04 Å². The summed E-state index contributed by atoms with van der Waals surface area (Å²) >= 11 is 0. The molecule has 0 spiro atoms. The van der Waals surface area contributed by atoms with Crippen LogP contribution in [0.4, 0.5) is 0 Å². The molecule has 4 heteroatoms. The normalized spacial score (nSPS) is 12.9. The Morgan fingerprint density at radius 1 is 1.47 bits per heavy atom. The van der Waals surface area contributed by atoms with E-state index in [1.165, 1.54) is 11.1 Å². The Hall–Kier alpha value is -1.55. The summed E-state index contributed by atoms with van der Waals surface area (Å²) in [6.45, 7) is 6.94. The van der Waals surface area contributed by atoms with Gasteiger partial charge in [-0.05, 0) is 33.9 Å². The van der Waals surface area contributed by atoms with Crippen LogP contribution in [-0.4, -0.2) is 16.8 Å². The molecule has 92 valence electrons. The quantitative estimate of drug-likeness (QED) is 0.882. The summed E-state index contributed by atoms with van der Waals surface area (Å²) in [5.74, 6) is 1.91. The Kier molecular flexibility index (Phi) is 3.33. The molecule has 0 fully saturated rings. The minimum Gasteiger partial charge on any atom is -0.466 e. The van der Waals surface area contributed by atoms with Crippen molar-refractivity contribution in [2.75, 3.05) is 7.05 Å². The van der Waals surface area contributed by atoms with Crippen LogP contribution in [-0.2, 0) is 6.54 Å². The minimum absolute atomic E-state index is 0.146. The maximum Gasteiger partial charge on any atom is 0.106 e. The fourth-order valence-corrected chi connectivity index (χ4v) is 2.14. The lowest BCUT2D eigenvalue weighted by Gasteiger charge is -2.13. The first-order valence-electron chi connectivity index (χ1n) is 5.92. The molecule has 0 bridgehead atoms. The van der Waals surface area contributed by atoms with Crippen molar-refractivity contribution in [2.45, 2.75) is 33.4 Å². The van der Waals surface area contributed by atoms with Crippen LogP contribution < -0.4 is 5.32 Å². The molecule has 0 aliphatic carbocycles. The molecule has 1 unspecified atom stereocenters. The lowest BCUT2D eigenvalue weighted by Crippen LogP contribution is -2.17. The first-order chi connectivity index (χ1) is 8.15. The summed E-state index contributed by atoms with van der Waals surface area (Å²) in [6.07, 6.45) is 3.98. The van der Waals surface area contributed by atoms with Crippen molar-refractivity contribution in [1.29, 1.82) is 0 Å². The molecule has 0 saturated heterocycles. The van der Waals surface area contributed by atoms with Gasteiger partial charge in [0.15, 0.2) is 0 Å². The van der Waals surface area contributed by atoms with Crippen LogP contribution in [0.5, 0.6) is 0 Å². The monoisotopic (exact) mass is 233 g/mol. The largest absolute Gasteiger partial charge is 0.466 e. The maximum absolute atomic E-state index is 5.58. The van der Waals surface area contributed by atoms with Crippen molar-refractivity contribution in [3.05, 3.63) is 41.1 Å². The summed E-state index contributed by atoms with van der Waals surface area (Å²) in [6, 6.07) is 2.23. The highest BCUT2D eigenvalue weighted by molar-refractivity contribution is 5.32. The maximum atomic E-state index is 5.58. The number of furan rings is 1. The highest BCUT2D eigenvalue weighted by Crippen LogP contribution is 2.26. The highest BCUT2D eigenvalue weighted by atomic mass is 16.3. The SMILES string of the molecule is CCn1cc(C(NC)c2cc(C)oc2C)cn1. The van der Waals surface area contributed by atoms with Gasteiger partial charge in [0.2, 0.25) is 0 Å². The zero-order valence-electron chi connectivity index (χ0n) is 10.8.